The molecule has 2 rings (SSSR count). The van der Waals surface area contributed by atoms with Crippen LogP contribution in [0.2, 0.25) is 0 Å². The second-order valence-electron chi connectivity index (χ2n) is 4.75. The first-order chi connectivity index (χ1) is 9.03. The van der Waals surface area contributed by atoms with Crippen LogP contribution < -0.4 is 4.90 Å². The fourth-order valence-electron chi connectivity index (χ4n) is 2.64. The van der Waals surface area contributed by atoms with Gasteiger partial charge in [0.25, 0.3) is 0 Å². The highest BCUT2D eigenvalue weighted by Crippen LogP contribution is 2.35. The van der Waals surface area contributed by atoms with Crippen LogP contribution in [0.4, 0.5) is 5.95 Å². The number of rotatable bonds is 3. The third-order valence-electron chi connectivity index (χ3n) is 3.67. The van der Waals surface area contributed by atoms with Crippen molar-refractivity contribution in [3.05, 3.63) is 17.5 Å². The third kappa shape index (κ3) is 2.12. The van der Waals surface area contributed by atoms with Crippen LogP contribution >= 0.6 is 0 Å². The number of nitriles is 1. The number of nitrogens with zero attached hydrogens (tertiary/aromatic N) is 4. The highest BCUT2D eigenvalue weighted by molar-refractivity contribution is 5.83. The molecule has 0 aliphatic carbocycles. The fourth-order valence-corrected chi connectivity index (χ4v) is 2.64. The average Bonchev–Trinajstić information content (AvgIpc) is 2.83. The van der Waals surface area contributed by atoms with Gasteiger partial charge in [0.2, 0.25) is 5.95 Å². The van der Waals surface area contributed by atoms with Crippen molar-refractivity contribution in [3.63, 3.8) is 0 Å². The smallest absolute Gasteiger partial charge is 0.329 e. The van der Waals surface area contributed by atoms with Crippen molar-refractivity contribution in [3.8, 4) is 6.07 Å². The van der Waals surface area contributed by atoms with Gasteiger partial charge in [-0.1, -0.05) is 6.92 Å². The Balaban J connectivity index is 2.49. The van der Waals surface area contributed by atoms with Gasteiger partial charge in [0.15, 0.2) is 0 Å². The van der Waals surface area contributed by atoms with E-state index < -0.39 is 11.5 Å². The number of hydrogen-bond donors (Lipinski definition) is 1. The number of carboxylic acid groups (broad SMARTS) is 1. The maximum atomic E-state index is 11.6. The van der Waals surface area contributed by atoms with Gasteiger partial charge in [0.1, 0.15) is 17.3 Å². The average molecular weight is 260 g/mol. The van der Waals surface area contributed by atoms with E-state index >= 15 is 0 Å². The Morgan fingerprint density at radius 1 is 1.63 bits per heavy atom. The fraction of sp³-hybridized carbons (Fsp3) is 0.538. The lowest BCUT2D eigenvalue weighted by atomic mass is 9.93. The monoisotopic (exact) mass is 260 g/mol. The Morgan fingerprint density at radius 3 is 2.95 bits per heavy atom. The van der Waals surface area contributed by atoms with Crippen LogP contribution in [-0.4, -0.2) is 33.1 Å². The minimum absolute atomic E-state index is 0.268. The van der Waals surface area contributed by atoms with E-state index in [1.165, 1.54) is 0 Å². The first kappa shape index (κ1) is 13.3. The normalized spacial score (nSPS) is 22.3. The quantitative estimate of drug-likeness (QED) is 0.885. The molecule has 2 heterocycles. The lowest BCUT2D eigenvalue weighted by Gasteiger charge is -2.33. The van der Waals surface area contributed by atoms with Gasteiger partial charge in [0, 0.05) is 12.2 Å². The summed E-state index contributed by atoms with van der Waals surface area (Å²) in [5.74, 6) is -0.505. The molecule has 1 fully saturated rings. The molecule has 0 radical (unpaired) electrons. The third-order valence-corrected chi connectivity index (χ3v) is 3.67. The molecule has 0 spiro atoms. The summed E-state index contributed by atoms with van der Waals surface area (Å²) < 4.78 is 0. The summed E-state index contributed by atoms with van der Waals surface area (Å²) in [5.41, 5.74) is -0.00538. The van der Waals surface area contributed by atoms with Crippen molar-refractivity contribution in [1.29, 1.82) is 5.26 Å². The minimum Gasteiger partial charge on any atom is -0.479 e. The lowest BCUT2D eigenvalue weighted by molar-refractivity contribution is -0.143. The van der Waals surface area contributed by atoms with Crippen LogP contribution in [0.3, 0.4) is 0 Å². The molecule has 1 unspecified atom stereocenters. The number of anilines is 1. The predicted molar refractivity (Wildman–Crippen MR) is 68.7 cm³/mol. The molecule has 1 atom stereocenters. The number of carbonyl (C=O) groups is 1. The second kappa shape index (κ2) is 4.84. The van der Waals surface area contributed by atoms with E-state index in [1.54, 1.807) is 17.9 Å². The highest BCUT2D eigenvalue weighted by Gasteiger charge is 2.47. The van der Waals surface area contributed by atoms with Crippen molar-refractivity contribution < 1.29 is 9.90 Å². The molecular formula is C13H16N4O2. The molecule has 0 bridgehead atoms. The standard InChI is InChI=1S/C13H16N4O2/c1-3-13(11(18)19)5-4-6-17(13)12-15-9(2)7-10(8-14)16-12/h7H,3-6H2,1-2H3,(H,18,19). The van der Waals surface area contributed by atoms with Crippen LogP contribution in [0, 0.1) is 18.3 Å². The summed E-state index contributed by atoms with van der Waals surface area (Å²) in [6, 6.07) is 3.57. The summed E-state index contributed by atoms with van der Waals surface area (Å²) in [5, 5.41) is 18.5. The van der Waals surface area contributed by atoms with E-state index in [1.807, 2.05) is 13.0 Å². The van der Waals surface area contributed by atoms with Crippen molar-refractivity contribution in [2.75, 3.05) is 11.4 Å². The second-order valence-corrected chi connectivity index (χ2v) is 4.75. The molecular weight excluding hydrogens is 244 g/mol. The summed E-state index contributed by atoms with van der Waals surface area (Å²) in [6.45, 7) is 4.23. The molecule has 6 heteroatoms. The number of hydrogen-bond acceptors (Lipinski definition) is 5. The molecule has 100 valence electrons. The Morgan fingerprint density at radius 2 is 2.37 bits per heavy atom. The molecule has 1 aromatic rings. The summed E-state index contributed by atoms with van der Waals surface area (Å²) >= 11 is 0. The summed E-state index contributed by atoms with van der Waals surface area (Å²) in [6.07, 6.45) is 1.86. The zero-order chi connectivity index (χ0) is 14.0. The zero-order valence-corrected chi connectivity index (χ0v) is 11.1. The Labute approximate surface area is 111 Å². The molecule has 0 saturated carbocycles. The van der Waals surface area contributed by atoms with Crippen molar-refractivity contribution in [2.24, 2.45) is 0 Å². The first-order valence-corrected chi connectivity index (χ1v) is 6.30. The van der Waals surface area contributed by atoms with Gasteiger partial charge in [-0.15, -0.1) is 0 Å². The summed E-state index contributed by atoms with van der Waals surface area (Å²) in [7, 11) is 0. The van der Waals surface area contributed by atoms with Crippen LogP contribution in [0.15, 0.2) is 6.07 Å². The van der Waals surface area contributed by atoms with Gasteiger partial charge < -0.3 is 10.0 Å². The Bertz CT molecular complexity index is 552. The molecule has 1 aliphatic rings. The zero-order valence-electron chi connectivity index (χ0n) is 11.1. The van der Waals surface area contributed by atoms with Crippen LogP contribution in [0.25, 0.3) is 0 Å². The van der Waals surface area contributed by atoms with Crippen molar-refractivity contribution in [2.45, 2.75) is 38.6 Å². The van der Waals surface area contributed by atoms with E-state index in [0.717, 1.165) is 6.42 Å². The van der Waals surface area contributed by atoms with E-state index in [9.17, 15) is 9.90 Å². The first-order valence-electron chi connectivity index (χ1n) is 6.30. The van der Waals surface area contributed by atoms with E-state index in [0.29, 0.717) is 31.0 Å². The largest absolute Gasteiger partial charge is 0.479 e. The van der Waals surface area contributed by atoms with E-state index in [-0.39, 0.29) is 5.69 Å². The highest BCUT2D eigenvalue weighted by atomic mass is 16.4. The number of aryl methyl sites for hydroxylation is 1. The number of aromatic nitrogens is 2. The molecule has 1 N–H and O–H groups in total. The molecule has 19 heavy (non-hydrogen) atoms. The molecule has 6 nitrogen and oxygen atoms in total. The maximum Gasteiger partial charge on any atom is 0.329 e. The van der Waals surface area contributed by atoms with Gasteiger partial charge in [-0.2, -0.15) is 5.26 Å². The SMILES string of the molecule is CCC1(C(=O)O)CCCN1c1nc(C)cc(C#N)n1. The molecule has 0 amide bonds. The minimum atomic E-state index is -0.944. The maximum absolute atomic E-state index is 11.6. The predicted octanol–water partition coefficient (Wildman–Crippen LogP) is 1.49. The van der Waals surface area contributed by atoms with Crippen molar-refractivity contribution in [1.82, 2.24) is 9.97 Å². The Hall–Kier alpha value is -2.16. The molecule has 0 aromatic carbocycles. The lowest BCUT2D eigenvalue weighted by Crippen LogP contribution is -2.51. The number of carboxylic acids is 1. The van der Waals surface area contributed by atoms with E-state index in [2.05, 4.69) is 9.97 Å². The van der Waals surface area contributed by atoms with Crippen LogP contribution in [0.1, 0.15) is 37.6 Å². The topological polar surface area (TPSA) is 90.1 Å². The van der Waals surface area contributed by atoms with Crippen molar-refractivity contribution >= 4 is 11.9 Å². The van der Waals surface area contributed by atoms with Gasteiger partial charge in [0.05, 0.1) is 0 Å². The summed E-state index contributed by atoms with van der Waals surface area (Å²) in [4.78, 5) is 21.8. The molecule has 1 aliphatic heterocycles. The molecule has 1 saturated heterocycles. The van der Waals surface area contributed by atoms with Crippen LogP contribution in [-0.2, 0) is 4.79 Å². The molecule has 1 aromatic heterocycles. The Kier molecular flexibility index (Phi) is 3.38. The van der Waals surface area contributed by atoms with Crippen LogP contribution in [0.5, 0.6) is 0 Å². The van der Waals surface area contributed by atoms with Gasteiger partial charge in [-0.25, -0.2) is 14.8 Å². The number of aliphatic carboxylic acids is 1. The van der Waals surface area contributed by atoms with E-state index in [4.69, 9.17) is 5.26 Å². The van der Waals surface area contributed by atoms with Gasteiger partial charge in [-0.3, -0.25) is 0 Å². The van der Waals surface area contributed by atoms with Gasteiger partial charge >= 0.3 is 5.97 Å². The van der Waals surface area contributed by atoms with Gasteiger partial charge in [-0.05, 0) is 32.3 Å².